The molecular weight excluding hydrogens is 310 g/mol. The summed E-state index contributed by atoms with van der Waals surface area (Å²) < 4.78 is 25.0. The minimum atomic E-state index is -3.86. The van der Waals surface area contributed by atoms with Gasteiger partial charge in [-0.25, -0.2) is 8.42 Å². The molecule has 0 saturated carbocycles. The number of aliphatic hydroxyl groups excluding tert-OH is 1. The predicted molar refractivity (Wildman–Crippen MR) is 83.3 cm³/mol. The highest BCUT2D eigenvalue weighted by molar-refractivity contribution is 7.95. The minimum Gasteiger partial charge on any atom is -0.374 e. The van der Waals surface area contributed by atoms with E-state index in [0.29, 0.717) is 10.6 Å². The Morgan fingerprint density at radius 1 is 1.10 bits per heavy atom. The van der Waals surface area contributed by atoms with Gasteiger partial charge in [0.05, 0.1) is 9.80 Å². The third-order valence-corrected chi connectivity index (χ3v) is 4.96. The van der Waals surface area contributed by atoms with E-state index in [0.717, 1.165) is 0 Å². The lowest BCUT2D eigenvalue weighted by atomic mass is 10.2. The van der Waals surface area contributed by atoms with Crippen LogP contribution in [0.25, 0.3) is 6.08 Å². The maximum Gasteiger partial charge on any atom is 0.206 e. The Balaban J connectivity index is 2.51. The first-order chi connectivity index (χ1) is 9.91. The normalized spacial score (nSPS) is 14.0. The zero-order valence-corrected chi connectivity index (χ0v) is 12.6. The average molecular weight is 324 g/mol. The number of rotatable bonds is 4. The maximum absolute atomic E-state index is 12.5. The molecule has 0 aromatic heterocycles. The molecule has 0 radical (unpaired) electrons. The van der Waals surface area contributed by atoms with Crippen LogP contribution in [-0.4, -0.2) is 19.8 Å². The molecule has 0 saturated heterocycles. The van der Waals surface area contributed by atoms with Gasteiger partial charge in [0, 0.05) is 5.02 Å². The molecule has 110 valence electrons. The number of aliphatic hydroxyl groups is 1. The van der Waals surface area contributed by atoms with Crippen LogP contribution in [-0.2, 0) is 9.84 Å². The van der Waals surface area contributed by atoms with Gasteiger partial charge < -0.3 is 10.8 Å². The van der Waals surface area contributed by atoms with E-state index in [-0.39, 0.29) is 9.80 Å². The Morgan fingerprint density at radius 3 is 2.19 bits per heavy atom. The summed E-state index contributed by atoms with van der Waals surface area (Å²) in [4.78, 5) is -0.189. The second-order valence-electron chi connectivity index (χ2n) is 4.36. The Kier molecular flexibility index (Phi) is 4.80. The molecule has 2 aromatic rings. The first-order valence-corrected chi connectivity index (χ1v) is 7.98. The largest absolute Gasteiger partial charge is 0.374 e. The van der Waals surface area contributed by atoms with Crippen molar-refractivity contribution in [2.24, 2.45) is 5.73 Å². The van der Waals surface area contributed by atoms with Gasteiger partial charge in [-0.2, -0.15) is 0 Å². The van der Waals surface area contributed by atoms with Gasteiger partial charge in [0.25, 0.3) is 0 Å². The van der Waals surface area contributed by atoms with Crippen molar-refractivity contribution in [2.75, 3.05) is 0 Å². The summed E-state index contributed by atoms with van der Waals surface area (Å²) >= 11 is 5.78. The van der Waals surface area contributed by atoms with Crippen LogP contribution in [0.3, 0.4) is 0 Å². The van der Waals surface area contributed by atoms with Gasteiger partial charge in [-0.15, -0.1) is 0 Å². The summed E-state index contributed by atoms with van der Waals surface area (Å²) in [7, 11) is -3.86. The van der Waals surface area contributed by atoms with Crippen LogP contribution < -0.4 is 5.73 Å². The fourth-order valence-corrected chi connectivity index (χ4v) is 3.30. The van der Waals surface area contributed by atoms with E-state index in [9.17, 15) is 13.5 Å². The molecule has 1 atom stereocenters. The highest BCUT2D eigenvalue weighted by Gasteiger charge is 2.24. The van der Waals surface area contributed by atoms with Crippen molar-refractivity contribution >= 4 is 27.5 Å². The number of sulfone groups is 1. The SMILES string of the molecule is N[C@H](O)/C(=C\c1ccc(Cl)cc1)S(=O)(=O)c1ccccc1. The third kappa shape index (κ3) is 3.71. The molecule has 0 fully saturated rings. The van der Waals surface area contributed by atoms with E-state index in [1.54, 1.807) is 42.5 Å². The highest BCUT2D eigenvalue weighted by atomic mass is 35.5. The molecule has 2 aromatic carbocycles. The van der Waals surface area contributed by atoms with Gasteiger partial charge in [0.2, 0.25) is 9.84 Å². The molecule has 21 heavy (non-hydrogen) atoms. The quantitative estimate of drug-likeness (QED) is 0.847. The molecule has 4 nitrogen and oxygen atoms in total. The molecular formula is C15H14ClNO3S. The molecule has 0 amide bonds. The van der Waals surface area contributed by atoms with E-state index in [2.05, 4.69) is 0 Å². The third-order valence-electron chi connectivity index (χ3n) is 2.83. The minimum absolute atomic E-state index is 0.0784. The monoisotopic (exact) mass is 323 g/mol. The smallest absolute Gasteiger partial charge is 0.206 e. The van der Waals surface area contributed by atoms with Crippen LogP contribution >= 0.6 is 11.6 Å². The van der Waals surface area contributed by atoms with Crippen LogP contribution in [0.1, 0.15) is 5.56 Å². The zero-order chi connectivity index (χ0) is 15.5. The lowest BCUT2D eigenvalue weighted by Gasteiger charge is -2.12. The lowest BCUT2D eigenvalue weighted by Crippen LogP contribution is -2.26. The van der Waals surface area contributed by atoms with Crippen molar-refractivity contribution in [1.82, 2.24) is 0 Å². The number of nitrogens with two attached hydrogens (primary N) is 1. The van der Waals surface area contributed by atoms with Crippen LogP contribution in [0.15, 0.2) is 64.4 Å². The lowest BCUT2D eigenvalue weighted by molar-refractivity contribution is 0.227. The van der Waals surface area contributed by atoms with Crippen LogP contribution in [0.5, 0.6) is 0 Å². The topological polar surface area (TPSA) is 80.4 Å². The number of hydrogen-bond donors (Lipinski definition) is 2. The number of hydrogen-bond acceptors (Lipinski definition) is 4. The number of benzene rings is 2. The Labute approximate surface area is 128 Å². The Bertz CT molecular complexity index is 738. The average Bonchev–Trinajstić information content (AvgIpc) is 2.47. The van der Waals surface area contributed by atoms with Gasteiger partial charge >= 0.3 is 0 Å². The Hall–Kier alpha value is -1.66. The van der Waals surface area contributed by atoms with Crippen LogP contribution in [0, 0.1) is 0 Å². The molecule has 2 rings (SSSR count). The zero-order valence-electron chi connectivity index (χ0n) is 11.0. The number of halogens is 1. The second-order valence-corrected chi connectivity index (χ2v) is 6.75. The highest BCUT2D eigenvalue weighted by Crippen LogP contribution is 2.23. The molecule has 0 spiro atoms. The summed E-state index contributed by atoms with van der Waals surface area (Å²) in [5, 5.41) is 10.2. The second kappa shape index (κ2) is 6.41. The van der Waals surface area contributed by atoms with Gasteiger partial charge in [-0.05, 0) is 35.9 Å². The van der Waals surface area contributed by atoms with Gasteiger partial charge in [-0.3, -0.25) is 0 Å². The predicted octanol–water partition coefficient (Wildman–Crippen LogP) is 2.43. The van der Waals surface area contributed by atoms with E-state index in [4.69, 9.17) is 17.3 Å². The fraction of sp³-hybridized carbons (Fsp3) is 0.0667. The Morgan fingerprint density at radius 2 is 1.67 bits per heavy atom. The summed E-state index contributed by atoms with van der Waals surface area (Å²) in [5.74, 6) is 0. The van der Waals surface area contributed by atoms with Gasteiger partial charge in [0.15, 0.2) is 0 Å². The fourth-order valence-electron chi connectivity index (χ4n) is 1.78. The first-order valence-electron chi connectivity index (χ1n) is 6.12. The molecule has 0 aliphatic carbocycles. The van der Waals surface area contributed by atoms with Crippen LogP contribution in [0.2, 0.25) is 5.02 Å². The summed E-state index contributed by atoms with van der Waals surface area (Å²) in [5.41, 5.74) is 6.00. The van der Waals surface area contributed by atoms with E-state index in [1.807, 2.05) is 0 Å². The van der Waals surface area contributed by atoms with Crippen molar-refractivity contribution in [3.63, 3.8) is 0 Å². The van der Waals surface area contributed by atoms with Gasteiger partial charge in [0.1, 0.15) is 6.23 Å². The summed E-state index contributed by atoms with van der Waals surface area (Å²) in [6.45, 7) is 0. The molecule has 0 aliphatic rings. The summed E-state index contributed by atoms with van der Waals surface area (Å²) in [6.07, 6.45) is -0.269. The summed E-state index contributed by atoms with van der Waals surface area (Å²) in [6, 6.07) is 14.4. The molecule has 0 bridgehead atoms. The molecule has 0 aliphatic heterocycles. The molecule has 6 heteroatoms. The van der Waals surface area contributed by atoms with Crippen LogP contribution in [0.4, 0.5) is 0 Å². The van der Waals surface area contributed by atoms with Crippen molar-refractivity contribution in [3.05, 3.63) is 70.1 Å². The van der Waals surface area contributed by atoms with Crippen molar-refractivity contribution in [2.45, 2.75) is 11.1 Å². The standard InChI is InChI=1S/C15H14ClNO3S/c16-12-8-6-11(7-9-12)10-14(15(17)18)21(19,20)13-4-2-1-3-5-13/h1-10,15,18H,17H2/b14-10+/t15-/m1/s1. The molecule has 3 N–H and O–H groups in total. The van der Waals surface area contributed by atoms with Crippen molar-refractivity contribution < 1.29 is 13.5 Å². The van der Waals surface area contributed by atoms with E-state index in [1.165, 1.54) is 18.2 Å². The van der Waals surface area contributed by atoms with E-state index < -0.39 is 16.1 Å². The molecule has 0 unspecified atom stereocenters. The van der Waals surface area contributed by atoms with Crippen molar-refractivity contribution in [1.29, 1.82) is 0 Å². The van der Waals surface area contributed by atoms with Gasteiger partial charge in [-0.1, -0.05) is 41.9 Å². The maximum atomic E-state index is 12.5. The molecule has 0 heterocycles. The van der Waals surface area contributed by atoms with E-state index >= 15 is 0 Å². The first kappa shape index (κ1) is 15.7. The van der Waals surface area contributed by atoms with Crippen molar-refractivity contribution in [3.8, 4) is 0 Å².